The van der Waals surface area contributed by atoms with Crippen molar-refractivity contribution < 1.29 is 0 Å². The second-order valence-corrected chi connectivity index (χ2v) is 6.63. The summed E-state index contributed by atoms with van der Waals surface area (Å²) in [7, 11) is 0. The first kappa shape index (κ1) is 17.9. The Morgan fingerprint density at radius 3 is 2.33 bits per heavy atom. The average Bonchev–Trinajstić information content (AvgIpc) is 2.46. The van der Waals surface area contributed by atoms with Crippen LogP contribution in [0.15, 0.2) is 23.1 Å². The second kappa shape index (κ2) is 8.32. The van der Waals surface area contributed by atoms with Crippen molar-refractivity contribution in [2.75, 3.05) is 17.7 Å². The number of nitrogen functional groups attached to an aromatic ring is 1. The predicted octanol–water partition coefficient (Wildman–Crippen LogP) is 4.34. The molecule has 1 rings (SSSR count). The van der Waals surface area contributed by atoms with Crippen molar-refractivity contribution in [2.24, 2.45) is 11.7 Å². The zero-order valence-corrected chi connectivity index (χ0v) is 14.8. The number of rotatable bonds is 8. The lowest BCUT2D eigenvalue weighted by atomic mass is 10.0. The molecule has 3 nitrogen and oxygen atoms in total. The van der Waals surface area contributed by atoms with Gasteiger partial charge >= 0.3 is 0 Å². The van der Waals surface area contributed by atoms with Gasteiger partial charge in [0.25, 0.3) is 0 Å². The van der Waals surface area contributed by atoms with E-state index in [1.165, 1.54) is 0 Å². The van der Waals surface area contributed by atoms with Gasteiger partial charge in [0.05, 0.1) is 5.56 Å². The number of nitrogens with one attached hydrogen (secondary N) is 1. The van der Waals surface area contributed by atoms with Crippen molar-refractivity contribution in [3.8, 4) is 0 Å². The molecule has 0 fully saturated rings. The molecule has 0 saturated heterocycles. The fourth-order valence-electron chi connectivity index (χ4n) is 2.77. The van der Waals surface area contributed by atoms with Gasteiger partial charge in [0.15, 0.2) is 0 Å². The Labute approximate surface area is 133 Å². The molecular weight excluding hydrogens is 278 g/mol. The molecule has 0 amide bonds. The van der Waals surface area contributed by atoms with Crippen LogP contribution in [0.5, 0.6) is 0 Å². The highest BCUT2D eigenvalue weighted by Gasteiger charge is 2.22. The van der Waals surface area contributed by atoms with E-state index in [0.717, 1.165) is 35.5 Å². The normalized spacial score (nSPS) is 11.2. The van der Waals surface area contributed by atoms with Crippen LogP contribution in [0.1, 0.15) is 46.1 Å². The molecule has 1 aromatic carbocycles. The highest BCUT2D eigenvalue weighted by molar-refractivity contribution is 7.98. The Balaban J connectivity index is 3.38. The van der Waals surface area contributed by atoms with Gasteiger partial charge in [-0.3, -0.25) is 5.41 Å². The number of amidine groups is 1. The van der Waals surface area contributed by atoms with E-state index in [2.05, 4.69) is 44.7 Å². The molecule has 118 valence electrons. The predicted molar refractivity (Wildman–Crippen MR) is 95.8 cm³/mol. The molecule has 0 aromatic heterocycles. The number of hydrogen-bond acceptors (Lipinski definition) is 3. The summed E-state index contributed by atoms with van der Waals surface area (Å²) in [5.74, 6) is 0.734. The Kier molecular flexibility index (Phi) is 7.09. The lowest BCUT2D eigenvalue weighted by molar-refractivity contribution is 0.507. The van der Waals surface area contributed by atoms with Crippen LogP contribution >= 0.6 is 11.8 Å². The summed E-state index contributed by atoms with van der Waals surface area (Å²) in [6.45, 7) is 9.92. The van der Waals surface area contributed by atoms with Crippen LogP contribution < -0.4 is 10.6 Å². The van der Waals surface area contributed by atoms with Crippen molar-refractivity contribution in [1.29, 1.82) is 5.41 Å². The molecule has 0 aliphatic carbocycles. The standard InChI is InChI=1S/C17H29N3S/c1-6-13(7-2)20(11-12(3)4)14-9-8-10-15(21-5)16(14)17(18)19/h8-10,12-13H,6-7,11H2,1-5H3,(H3,18,19). The van der Waals surface area contributed by atoms with E-state index in [1.807, 2.05) is 12.3 Å². The van der Waals surface area contributed by atoms with Crippen LogP contribution in [-0.4, -0.2) is 24.7 Å². The maximum Gasteiger partial charge on any atom is 0.126 e. The zero-order valence-electron chi connectivity index (χ0n) is 13.9. The quantitative estimate of drug-likeness (QED) is 0.426. The van der Waals surface area contributed by atoms with Gasteiger partial charge in [0, 0.05) is 23.2 Å². The molecule has 0 atom stereocenters. The molecule has 0 heterocycles. The summed E-state index contributed by atoms with van der Waals surface area (Å²) in [6.07, 6.45) is 4.24. The van der Waals surface area contributed by atoms with E-state index in [0.29, 0.717) is 12.0 Å². The van der Waals surface area contributed by atoms with E-state index in [-0.39, 0.29) is 5.84 Å². The lowest BCUT2D eigenvalue weighted by Gasteiger charge is -2.36. The first-order valence-corrected chi connectivity index (χ1v) is 8.96. The summed E-state index contributed by atoms with van der Waals surface area (Å²) in [5.41, 5.74) is 7.88. The van der Waals surface area contributed by atoms with E-state index in [1.54, 1.807) is 11.8 Å². The van der Waals surface area contributed by atoms with Gasteiger partial charge in [-0.2, -0.15) is 0 Å². The Morgan fingerprint density at radius 1 is 1.29 bits per heavy atom. The molecule has 4 heteroatoms. The Bertz CT molecular complexity index is 467. The van der Waals surface area contributed by atoms with Crippen LogP contribution in [0.4, 0.5) is 5.69 Å². The minimum absolute atomic E-state index is 0.162. The van der Waals surface area contributed by atoms with E-state index in [4.69, 9.17) is 11.1 Å². The smallest absolute Gasteiger partial charge is 0.126 e. The molecule has 3 N–H and O–H groups in total. The van der Waals surface area contributed by atoms with Crippen molar-refractivity contribution in [1.82, 2.24) is 0 Å². The molecule has 0 aliphatic heterocycles. The first-order chi connectivity index (χ1) is 9.96. The summed E-state index contributed by atoms with van der Waals surface area (Å²) in [6, 6.07) is 6.72. The fourth-order valence-corrected chi connectivity index (χ4v) is 3.40. The highest BCUT2D eigenvalue weighted by atomic mass is 32.2. The van der Waals surface area contributed by atoms with Crippen LogP contribution in [0.25, 0.3) is 0 Å². The third-order valence-electron chi connectivity index (χ3n) is 3.75. The van der Waals surface area contributed by atoms with E-state index < -0.39 is 0 Å². The third kappa shape index (κ3) is 4.40. The molecule has 0 aliphatic rings. The number of thioether (sulfide) groups is 1. The van der Waals surface area contributed by atoms with Gasteiger partial charge in [-0.05, 0) is 37.1 Å². The fraction of sp³-hybridized carbons (Fsp3) is 0.588. The van der Waals surface area contributed by atoms with E-state index >= 15 is 0 Å². The van der Waals surface area contributed by atoms with Gasteiger partial charge in [-0.1, -0.05) is 33.8 Å². The van der Waals surface area contributed by atoms with Gasteiger partial charge < -0.3 is 10.6 Å². The minimum atomic E-state index is 0.162. The molecule has 0 saturated carbocycles. The molecule has 21 heavy (non-hydrogen) atoms. The van der Waals surface area contributed by atoms with Crippen LogP contribution in [0.3, 0.4) is 0 Å². The van der Waals surface area contributed by atoms with Crippen molar-refractivity contribution in [2.45, 2.75) is 51.5 Å². The molecule has 1 aromatic rings. The summed E-state index contributed by atoms with van der Waals surface area (Å²) < 4.78 is 0. The summed E-state index contributed by atoms with van der Waals surface area (Å²) >= 11 is 1.65. The molecule has 0 unspecified atom stereocenters. The molecule has 0 bridgehead atoms. The number of nitrogens with two attached hydrogens (primary N) is 1. The first-order valence-electron chi connectivity index (χ1n) is 7.74. The largest absolute Gasteiger partial charge is 0.384 e. The number of benzene rings is 1. The monoisotopic (exact) mass is 307 g/mol. The highest BCUT2D eigenvalue weighted by Crippen LogP contribution is 2.32. The topological polar surface area (TPSA) is 53.1 Å². The van der Waals surface area contributed by atoms with Crippen molar-refractivity contribution in [3.63, 3.8) is 0 Å². The lowest BCUT2D eigenvalue weighted by Crippen LogP contribution is -2.38. The maximum absolute atomic E-state index is 7.99. The summed E-state index contributed by atoms with van der Waals surface area (Å²) in [5, 5.41) is 7.99. The number of hydrogen-bond donors (Lipinski definition) is 2. The van der Waals surface area contributed by atoms with Gasteiger partial charge in [-0.15, -0.1) is 11.8 Å². The average molecular weight is 308 g/mol. The molecule has 0 radical (unpaired) electrons. The van der Waals surface area contributed by atoms with Crippen molar-refractivity contribution in [3.05, 3.63) is 23.8 Å². The van der Waals surface area contributed by atoms with E-state index in [9.17, 15) is 0 Å². The van der Waals surface area contributed by atoms with Gasteiger partial charge in [0.2, 0.25) is 0 Å². The Morgan fingerprint density at radius 2 is 1.90 bits per heavy atom. The van der Waals surface area contributed by atoms with Crippen molar-refractivity contribution >= 4 is 23.3 Å². The molecule has 0 spiro atoms. The Hall–Kier alpha value is -1.16. The minimum Gasteiger partial charge on any atom is -0.384 e. The second-order valence-electron chi connectivity index (χ2n) is 5.78. The molecular formula is C17H29N3S. The van der Waals surface area contributed by atoms with Gasteiger partial charge in [-0.25, -0.2) is 0 Å². The maximum atomic E-state index is 7.99. The number of nitrogens with zero attached hydrogens (tertiary/aromatic N) is 1. The number of anilines is 1. The summed E-state index contributed by atoms with van der Waals surface area (Å²) in [4.78, 5) is 3.53. The van der Waals surface area contributed by atoms with Gasteiger partial charge in [0.1, 0.15) is 5.84 Å². The SMILES string of the molecule is CCC(CC)N(CC(C)C)c1cccc(SC)c1C(=N)N. The zero-order chi connectivity index (χ0) is 16.0. The van der Waals surface area contributed by atoms with Crippen LogP contribution in [0.2, 0.25) is 0 Å². The van der Waals surface area contributed by atoms with Crippen LogP contribution in [-0.2, 0) is 0 Å². The third-order valence-corrected chi connectivity index (χ3v) is 4.53. The van der Waals surface area contributed by atoms with Crippen LogP contribution in [0, 0.1) is 11.3 Å².